The van der Waals surface area contributed by atoms with E-state index in [4.69, 9.17) is 4.42 Å². The molecule has 25 heavy (non-hydrogen) atoms. The Bertz CT molecular complexity index is 620. The minimum atomic E-state index is -0.00716. The zero-order chi connectivity index (χ0) is 17.6. The van der Waals surface area contributed by atoms with Gasteiger partial charge in [-0.3, -0.25) is 14.5 Å². The highest BCUT2D eigenvalue weighted by molar-refractivity contribution is 5.82. The number of nitrogens with zero attached hydrogens (tertiary/aromatic N) is 2. The van der Waals surface area contributed by atoms with Gasteiger partial charge < -0.3 is 14.6 Å². The van der Waals surface area contributed by atoms with E-state index in [-0.39, 0.29) is 24.9 Å². The standard InChI is InChI=1S/C19H27N3O3/c1-21(13-18(23)20-15-9-10-15)14-19(24)22(12-17-8-5-11-25-17)16-6-3-2-4-7-16/h5-6,8,11,15H,2-4,7,9-10,12-14H2,1H3,(H,20,23). The van der Waals surface area contributed by atoms with E-state index in [1.165, 1.54) is 6.42 Å². The second-order valence-electron chi connectivity index (χ2n) is 7.01. The minimum absolute atomic E-state index is 0.00581. The Morgan fingerprint density at radius 3 is 2.76 bits per heavy atom. The lowest BCUT2D eigenvalue weighted by atomic mass is 10.0. The molecule has 1 aromatic rings. The summed E-state index contributed by atoms with van der Waals surface area (Å²) in [5.41, 5.74) is 1.07. The van der Waals surface area contributed by atoms with Gasteiger partial charge in [-0.15, -0.1) is 0 Å². The van der Waals surface area contributed by atoms with E-state index in [2.05, 4.69) is 11.4 Å². The Balaban J connectivity index is 1.59. The molecule has 6 nitrogen and oxygen atoms in total. The van der Waals surface area contributed by atoms with Crippen LogP contribution in [0.3, 0.4) is 0 Å². The molecule has 1 fully saturated rings. The van der Waals surface area contributed by atoms with Crippen molar-refractivity contribution in [2.75, 3.05) is 20.1 Å². The van der Waals surface area contributed by atoms with Gasteiger partial charge in [0, 0.05) is 11.7 Å². The first-order valence-corrected chi connectivity index (χ1v) is 9.11. The molecule has 1 N–H and O–H groups in total. The number of rotatable bonds is 8. The van der Waals surface area contributed by atoms with Crippen LogP contribution in [-0.4, -0.2) is 47.8 Å². The first-order chi connectivity index (χ1) is 12.1. The van der Waals surface area contributed by atoms with Gasteiger partial charge >= 0.3 is 0 Å². The highest BCUT2D eigenvalue weighted by Gasteiger charge is 2.25. The topological polar surface area (TPSA) is 65.8 Å². The fourth-order valence-corrected chi connectivity index (χ4v) is 3.09. The van der Waals surface area contributed by atoms with E-state index in [9.17, 15) is 9.59 Å². The van der Waals surface area contributed by atoms with Gasteiger partial charge in [0.15, 0.2) is 0 Å². The van der Waals surface area contributed by atoms with E-state index < -0.39 is 0 Å². The largest absolute Gasteiger partial charge is 0.467 e. The lowest BCUT2D eigenvalue weighted by Gasteiger charge is -2.28. The van der Waals surface area contributed by atoms with Gasteiger partial charge in [0.25, 0.3) is 0 Å². The molecule has 0 unspecified atom stereocenters. The van der Waals surface area contributed by atoms with E-state index in [0.29, 0.717) is 12.6 Å². The second-order valence-corrected chi connectivity index (χ2v) is 7.01. The van der Waals surface area contributed by atoms with Crippen molar-refractivity contribution in [2.24, 2.45) is 0 Å². The highest BCUT2D eigenvalue weighted by atomic mass is 16.3. The number of amides is 2. The summed E-state index contributed by atoms with van der Waals surface area (Å²) in [5.74, 6) is 0.771. The molecule has 6 heteroatoms. The number of allylic oxidation sites excluding steroid dienone is 2. The van der Waals surface area contributed by atoms with Crippen molar-refractivity contribution in [2.45, 2.75) is 51.1 Å². The maximum absolute atomic E-state index is 12.9. The maximum Gasteiger partial charge on any atom is 0.241 e. The SMILES string of the molecule is CN(CC(=O)NC1CC1)CC(=O)N(Cc1ccco1)C1=CCCCC1. The van der Waals surface area contributed by atoms with Crippen LogP contribution >= 0.6 is 0 Å². The predicted molar refractivity (Wildman–Crippen MR) is 94.5 cm³/mol. The minimum Gasteiger partial charge on any atom is -0.467 e. The number of carbonyl (C=O) groups excluding carboxylic acids is 2. The molecule has 0 aliphatic heterocycles. The monoisotopic (exact) mass is 345 g/mol. The lowest BCUT2D eigenvalue weighted by molar-refractivity contribution is -0.131. The Morgan fingerprint density at radius 1 is 1.28 bits per heavy atom. The molecule has 3 rings (SSSR count). The Labute approximate surface area is 148 Å². The van der Waals surface area contributed by atoms with Crippen molar-refractivity contribution >= 4 is 11.8 Å². The van der Waals surface area contributed by atoms with Crippen LogP contribution in [-0.2, 0) is 16.1 Å². The van der Waals surface area contributed by atoms with Crippen molar-refractivity contribution in [1.29, 1.82) is 0 Å². The van der Waals surface area contributed by atoms with Crippen LogP contribution < -0.4 is 5.32 Å². The normalized spacial score (nSPS) is 17.3. The summed E-state index contributed by atoms with van der Waals surface area (Å²) in [5, 5.41) is 2.96. The van der Waals surface area contributed by atoms with Crippen LogP contribution in [0.5, 0.6) is 0 Å². The summed E-state index contributed by atoms with van der Waals surface area (Å²) in [6.45, 7) is 0.909. The van der Waals surface area contributed by atoms with Gasteiger partial charge in [-0.05, 0) is 57.7 Å². The highest BCUT2D eigenvalue weighted by Crippen LogP contribution is 2.23. The van der Waals surface area contributed by atoms with Crippen LogP contribution in [0.25, 0.3) is 0 Å². The van der Waals surface area contributed by atoms with Crippen molar-refractivity contribution in [1.82, 2.24) is 15.1 Å². The molecule has 2 aliphatic carbocycles. The molecule has 0 saturated heterocycles. The van der Waals surface area contributed by atoms with Crippen molar-refractivity contribution in [3.63, 3.8) is 0 Å². The zero-order valence-electron chi connectivity index (χ0n) is 14.9. The zero-order valence-corrected chi connectivity index (χ0v) is 14.9. The number of hydrogen-bond donors (Lipinski definition) is 1. The molecule has 2 aliphatic rings. The molecule has 0 spiro atoms. The van der Waals surface area contributed by atoms with Gasteiger partial charge in [0.2, 0.25) is 11.8 Å². The Hall–Kier alpha value is -2.08. The second kappa shape index (κ2) is 8.34. The van der Waals surface area contributed by atoms with Crippen LogP contribution in [0.2, 0.25) is 0 Å². The Morgan fingerprint density at radius 2 is 2.12 bits per heavy atom. The summed E-state index contributed by atoms with van der Waals surface area (Å²) < 4.78 is 5.43. The molecular formula is C19H27N3O3. The van der Waals surface area contributed by atoms with Gasteiger partial charge in [-0.2, -0.15) is 0 Å². The number of furan rings is 1. The molecule has 2 amide bonds. The molecule has 0 aromatic carbocycles. The van der Waals surface area contributed by atoms with Gasteiger partial charge in [0.1, 0.15) is 5.76 Å². The molecule has 0 radical (unpaired) electrons. The van der Waals surface area contributed by atoms with Gasteiger partial charge in [-0.1, -0.05) is 6.08 Å². The Kier molecular flexibility index (Phi) is 5.91. The van der Waals surface area contributed by atoms with Gasteiger partial charge in [-0.25, -0.2) is 0 Å². The summed E-state index contributed by atoms with van der Waals surface area (Å²) >= 11 is 0. The lowest BCUT2D eigenvalue weighted by Crippen LogP contribution is -2.42. The van der Waals surface area contributed by atoms with Gasteiger partial charge in [0.05, 0.1) is 25.9 Å². The van der Waals surface area contributed by atoms with Crippen LogP contribution in [0.15, 0.2) is 34.6 Å². The summed E-state index contributed by atoms with van der Waals surface area (Å²) in [6, 6.07) is 4.07. The number of carbonyl (C=O) groups is 2. The quantitative estimate of drug-likeness (QED) is 0.785. The van der Waals surface area contributed by atoms with E-state index in [1.54, 1.807) is 11.2 Å². The first-order valence-electron chi connectivity index (χ1n) is 9.11. The fraction of sp³-hybridized carbons (Fsp3) is 0.579. The van der Waals surface area contributed by atoms with E-state index in [0.717, 1.165) is 43.6 Å². The first kappa shape index (κ1) is 17.7. The molecular weight excluding hydrogens is 318 g/mol. The summed E-state index contributed by atoms with van der Waals surface area (Å²) in [4.78, 5) is 28.4. The molecule has 1 saturated carbocycles. The molecule has 1 heterocycles. The van der Waals surface area contributed by atoms with Crippen LogP contribution in [0, 0.1) is 0 Å². The summed E-state index contributed by atoms with van der Waals surface area (Å²) in [7, 11) is 1.81. The van der Waals surface area contributed by atoms with Crippen molar-refractivity contribution in [3.8, 4) is 0 Å². The predicted octanol–water partition coefficient (Wildman–Crippen LogP) is 2.28. The molecule has 0 atom stereocenters. The van der Waals surface area contributed by atoms with Crippen LogP contribution in [0.1, 0.15) is 44.3 Å². The number of nitrogens with one attached hydrogen (secondary N) is 1. The third-order valence-corrected chi connectivity index (χ3v) is 4.57. The van der Waals surface area contributed by atoms with E-state index >= 15 is 0 Å². The van der Waals surface area contributed by atoms with Crippen LogP contribution in [0.4, 0.5) is 0 Å². The fourth-order valence-electron chi connectivity index (χ4n) is 3.09. The average molecular weight is 345 g/mol. The molecule has 0 bridgehead atoms. The van der Waals surface area contributed by atoms with E-state index in [1.807, 2.05) is 24.1 Å². The van der Waals surface area contributed by atoms with Crippen molar-refractivity contribution < 1.29 is 14.0 Å². The van der Waals surface area contributed by atoms with Crippen molar-refractivity contribution in [3.05, 3.63) is 35.9 Å². The molecule has 136 valence electrons. The number of likely N-dealkylation sites (N-methyl/N-ethyl adjacent to an activating group) is 1. The molecule has 1 aromatic heterocycles. The average Bonchev–Trinajstić information content (AvgIpc) is 3.24. The smallest absolute Gasteiger partial charge is 0.241 e. The summed E-state index contributed by atoms with van der Waals surface area (Å²) in [6.07, 6.45) is 10.1. The third-order valence-electron chi connectivity index (χ3n) is 4.57. The number of hydrogen-bond acceptors (Lipinski definition) is 4. The maximum atomic E-state index is 12.9. The third kappa shape index (κ3) is 5.46.